The first-order valence-corrected chi connectivity index (χ1v) is 7.56. The van der Waals surface area contributed by atoms with Gasteiger partial charge in [-0.15, -0.1) is 0 Å². The maximum atomic E-state index is 13.5. The molecule has 2 aromatic carbocycles. The number of imide groups is 1. The maximum absolute atomic E-state index is 13.5. The SMILES string of the molecule is O=C(OCCCN1C(=O)c2ccccc2C1=O)c1ccc(F)cc1F. The Morgan fingerprint density at radius 2 is 1.64 bits per heavy atom. The lowest BCUT2D eigenvalue weighted by Crippen LogP contribution is -2.31. The first-order chi connectivity index (χ1) is 12.0. The topological polar surface area (TPSA) is 63.7 Å². The van der Waals surface area contributed by atoms with Gasteiger partial charge in [-0.25, -0.2) is 13.6 Å². The molecule has 0 spiro atoms. The molecule has 2 amide bonds. The molecule has 25 heavy (non-hydrogen) atoms. The quantitative estimate of drug-likeness (QED) is 0.475. The average Bonchev–Trinajstić information content (AvgIpc) is 2.83. The molecule has 0 aliphatic carbocycles. The van der Waals surface area contributed by atoms with E-state index in [1.54, 1.807) is 24.3 Å². The highest BCUT2D eigenvalue weighted by atomic mass is 19.1. The van der Waals surface area contributed by atoms with Crippen molar-refractivity contribution in [1.82, 2.24) is 4.90 Å². The number of nitrogens with zero attached hydrogens (tertiary/aromatic N) is 1. The van der Waals surface area contributed by atoms with Crippen molar-refractivity contribution in [2.45, 2.75) is 6.42 Å². The molecule has 1 aliphatic rings. The minimum Gasteiger partial charge on any atom is -0.462 e. The van der Waals surface area contributed by atoms with Crippen LogP contribution in [0.15, 0.2) is 42.5 Å². The number of carbonyl (C=O) groups is 3. The smallest absolute Gasteiger partial charge is 0.341 e. The van der Waals surface area contributed by atoms with E-state index in [0.717, 1.165) is 17.0 Å². The van der Waals surface area contributed by atoms with Crippen LogP contribution in [0.4, 0.5) is 8.78 Å². The van der Waals surface area contributed by atoms with Crippen LogP contribution in [0.1, 0.15) is 37.5 Å². The minimum absolute atomic E-state index is 0.0749. The van der Waals surface area contributed by atoms with E-state index >= 15 is 0 Å². The number of ether oxygens (including phenoxy) is 1. The Bertz CT molecular complexity index is 831. The fraction of sp³-hybridized carbons (Fsp3) is 0.167. The second-order valence-corrected chi connectivity index (χ2v) is 5.42. The van der Waals surface area contributed by atoms with Crippen molar-refractivity contribution in [2.24, 2.45) is 0 Å². The van der Waals surface area contributed by atoms with Crippen LogP contribution in [-0.4, -0.2) is 35.8 Å². The van der Waals surface area contributed by atoms with Crippen LogP contribution in [0.3, 0.4) is 0 Å². The monoisotopic (exact) mass is 345 g/mol. The predicted octanol–water partition coefficient (Wildman–Crippen LogP) is 2.81. The fourth-order valence-corrected chi connectivity index (χ4v) is 2.56. The van der Waals surface area contributed by atoms with Gasteiger partial charge in [0.2, 0.25) is 0 Å². The number of benzene rings is 2. The molecule has 1 heterocycles. The molecule has 0 unspecified atom stereocenters. The van der Waals surface area contributed by atoms with E-state index in [-0.39, 0.29) is 25.1 Å². The van der Waals surface area contributed by atoms with Gasteiger partial charge in [0.05, 0.1) is 23.3 Å². The minimum atomic E-state index is -1.01. The molecule has 0 N–H and O–H groups in total. The van der Waals surface area contributed by atoms with Crippen molar-refractivity contribution in [2.75, 3.05) is 13.2 Å². The third kappa shape index (κ3) is 3.26. The highest BCUT2D eigenvalue weighted by Crippen LogP contribution is 2.22. The third-order valence-electron chi connectivity index (χ3n) is 3.79. The predicted molar refractivity (Wildman–Crippen MR) is 83.1 cm³/mol. The zero-order valence-electron chi connectivity index (χ0n) is 13.0. The number of amides is 2. The first kappa shape index (κ1) is 16.8. The van der Waals surface area contributed by atoms with Gasteiger partial charge in [0, 0.05) is 12.6 Å². The average molecular weight is 345 g/mol. The van der Waals surface area contributed by atoms with Gasteiger partial charge < -0.3 is 4.74 Å². The number of hydrogen-bond donors (Lipinski definition) is 0. The molecule has 0 saturated heterocycles. The molecule has 0 saturated carbocycles. The molecular weight excluding hydrogens is 332 g/mol. The van der Waals surface area contributed by atoms with Crippen molar-refractivity contribution < 1.29 is 27.9 Å². The van der Waals surface area contributed by atoms with E-state index in [0.29, 0.717) is 17.2 Å². The summed E-state index contributed by atoms with van der Waals surface area (Å²) >= 11 is 0. The number of fused-ring (bicyclic) bond motifs is 1. The van der Waals surface area contributed by atoms with Crippen molar-refractivity contribution in [1.29, 1.82) is 0 Å². The van der Waals surface area contributed by atoms with Crippen molar-refractivity contribution in [3.8, 4) is 0 Å². The standard InChI is InChI=1S/C18H13F2NO4/c19-11-6-7-14(15(20)10-11)18(24)25-9-3-8-21-16(22)12-4-1-2-5-13(12)17(21)23/h1-2,4-7,10H,3,8-9H2. The van der Waals surface area contributed by atoms with Crippen LogP contribution in [0, 0.1) is 11.6 Å². The molecule has 0 bridgehead atoms. The summed E-state index contributed by atoms with van der Waals surface area (Å²) in [6.45, 7) is -0.0332. The van der Waals surface area contributed by atoms with Gasteiger partial charge in [0.1, 0.15) is 11.6 Å². The van der Waals surface area contributed by atoms with E-state index < -0.39 is 29.4 Å². The van der Waals surface area contributed by atoms with Gasteiger partial charge in [-0.2, -0.15) is 0 Å². The molecule has 3 rings (SSSR count). The Kier molecular flexibility index (Phi) is 4.56. The molecule has 0 radical (unpaired) electrons. The second-order valence-electron chi connectivity index (χ2n) is 5.42. The van der Waals surface area contributed by atoms with E-state index in [1.165, 1.54) is 0 Å². The summed E-state index contributed by atoms with van der Waals surface area (Å²) in [5, 5.41) is 0. The van der Waals surface area contributed by atoms with Crippen LogP contribution in [0.25, 0.3) is 0 Å². The lowest BCUT2D eigenvalue weighted by molar-refractivity contribution is 0.0477. The Labute approximate surface area is 141 Å². The molecule has 128 valence electrons. The second kappa shape index (κ2) is 6.80. The number of carbonyl (C=O) groups excluding carboxylic acids is 3. The lowest BCUT2D eigenvalue weighted by atomic mass is 10.1. The summed E-state index contributed by atoms with van der Waals surface area (Å²) in [6.07, 6.45) is 0.208. The van der Waals surface area contributed by atoms with Gasteiger partial charge in [0.25, 0.3) is 11.8 Å². The van der Waals surface area contributed by atoms with Gasteiger partial charge in [0.15, 0.2) is 0 Å². The van der Waals surface area contributed by atoms with E-state index in [1.807, 2.05) is 0 Å². The Balaban J connectivity index is 1.53. The highest BCUT2D eigenvalue weighted by Gasteiger charge is 2.34. The van der Waals surface area contributed by atoms with Gasteiger partial charge in [-0.1, -0.05) is 12.1 Å². The summed E-state index contributed by atoms with van der Waals surface area (Å²) in [5.41, 5.74) is 0.317. The largest absolute Gasteiger partial charge is 0.462 e. The number of hydrogen-bond acceptors (Lipinski definition) is 4. The zero-order chi connectivity index (χ0) is 18.0. The van der Waals surface area contributed by atoms with Crippen molar-refractivity contribution in [3.63, 3.8) is 0 Å². The highest BCUT2D eigenvalue weighted by molar-refractivity contribution is 6.21. The Morgan fingerprint density at radius 1 is 1.00 bits per heavy atom. The van der Waals surface area contributed by atoms with Crippen molar-refractivity contribution in [3.05, 3.63) is 70.8 Å². The van der Waals surface area contributed by atoms with E-state index in [4.69, 9.17) is 4.74 Å². The van der Waals surface area contributed by atoms with Gasteiger partial charge in [-0.3, -0.25) is 14.5 Å². The molecule has 2 aromatic rings. The van der Waals surface area contributed by atoms with Crippen LogP contribution in [-0.2, 0) is 4.74 Å². The summed E-state index contributed by atoms with van der Waals surface area (Å²) < 4.78 is 31.2. The summed E-state index contributed by atoms with van der Waals surface area (Å²) in [6, 6.07) is 9.05. The van der Waals surface area contributed by atoms with Crippen LogP contribution in [0.5, 0.6) is 0 Å². The lowest BCUT2D eigenvalue weighted by Gasteiger charge is -2.13. The molecule has 1 aliphatic heterocycles. The zero-order valence-corrected chi connectivity index (χ0v) is 13.0. The Morgan fingerprint density at radius 3 is 2.24 bits per heavy atom. The van der Waals surface area contributed by atoms with Gasteiger partial charge in [-0.05, 0) is 30.7 Å². The number of rotatable bonds is 5. The maximum Gasteiger partial charge on any atom is 0.341 e. The number of halogens is 2. The van der Waals surface area contributed by atoms with Crippen LogP contribution in [0.2, 0.25) is 0 Å². The van der Waals surface area contributed by atoms with E-state index in [2.05, 4.69) is 0 Å². The normalized spacial score (nSPS) is 13.1. The van der Waals surface area contributed by atoms with E-state index in [9.17, 15) is 23.2 Å². The summed E-state index contributed by atoms with van der Waals surface area (Å²) in [4.78, 5) is 37.1. The van der Waals surface area contributed by atoms with Crippen LogP contribution < -0.4 is 0 Å². The summed E-state index contributed by atoms with van der Waals surface area (Å²) in [7, 11) is 0. The number of esters is 1. The molecule has 0 atom stereocenters. The molecule has 0 fully saturated rings. The van der Waals surface area contributed by atoms with Crippen LogP contribution >= 0.6 is 0 Å². The molecule has 7 heteroatoms. The first-order valence-electron chi connectivity index (χ1n) is 7.56. The summed E-state index contributed by atoms with van der Waals surface area (Å²) in [5.74, 6) is -3.52. The fourth-order valence-electron chi connectivity index (χ4n) is 2.56. The van der Waals surface area contributed by atoms with Crippen molar-refractivity contribution >= 4 is 17.8 Å². The molecular formula is C18H13F2NO4. The molecule has 5 nitrogen and oxygen atoms in total. The Hall–Kier alpha value is -3.09. The molecule has 0 aromatic heterocycles. The van der Waals surface area contributed by atoms with Gasteiger partial charge >= 0.3 is 5.97 Å². The third-order valence-corrected chi connectivity index (χ3v) is 3.79.